The quantitative estimate of drug-likeness (QED) is 0.434. The smallest absolute Gasteiger partial charge is 0.293 e. The van der Waals surface area contributed by atoms with Crippen LogP contribution in [0.4, 0.5) is 11.6 Å². The predicted molar refractivity (Wildman–Crippen MR) is 142 cm³/mol. The lowest BCUT2D eigenvalue weighted by molar-refractivity contribution is 0.461. The van der Waals surface area contributed by atoms with E-state index in [9.17, 15) is 4.79 Å². The molecule has 2 aromatic carbocycles. The largest absolute Gasteiger partial charge is 0.457 e. The SMILES string of the molecule is CC#CCn1c(N2CCCC(N)C2)nc2cnn(CC3=c4ccccc4=Nc4ccccc4O3)c(=O)c21. The van der Waals surface area contributed by atoms with Crippen LogP contribution < -0.4 is 31.5 Å². The van der Waals surface area contributed by atoms with Gasteiger partial charge in [-0.2, -0.15) is 5.10 Å². The summed E-state index contributed by atoms with van der Waals surface area (Å²) < 4.78 is 9.63. The minimum absolute atomic E-state index is 0.0752. The van der Waals surface area contributed by atoms with E-state index in [1.54, 1.807) is 13.1 Å². The number of anilines is 1. The molecule has 0 saturated carbocycles. The fraction of sp³-hybridized carbons (Fsp3) is 0.286. The average molecular weight is 494 g/mol. The van der Waals surface area contributed by atoms with Crippen LogP contribution in [0.15, 0.2) is 64.5 Å². The van der Waals surface area contributed by atoms with Gasteiger partial charge >= 0.3 is 0 Å². The number of hydrogen-bond acceptors (Lipinski definition) is 7. The lowest BCUT2D eigenvalue weighted by Gasteiger charge is -2.31. The van der Waals surface area contributed by atoms with E-state index in [1.807, 2.05) is 53.1 Å². The lowest BCUT2D eigenvalue weighted by Crippen LogP contribution is -2.44. The third-order valence-corrected chi connectivity index (χ3v) is 6.72. The van der Waals surface area contributed by atoms with Crippen LogP contribution in [0.5, 0.6) is 5.75 Å². The van der Waals surface area contributed by atoms with Gasteiger partial charge in [-0.05, 0) is 44.0 Å². The van der Waals surface area contributed by atoms with Crippen LogP contribution in [0.25, 0.3) is 16.8 Å². The number of nitrogens with two attached hydrogens (primary N) is 1. The Balaban J connectivity index is 1.48. The molecule has 9 nitrogen and oxygen atoms in total. The van der Waals surface area contributed by atoms with Crippen molar-refractivity contribution in [1.82, 2.24) is 19.3 Å². The summed E-state index contributed by atoms with van der Waals surface area (Å²) in [7, 11) is 0. The number of ether oxygens (including phenoxy) is 1. The maximum absolute atomic E-state index is 13.8. The van der Waals surface area contributed by atoms with Crippen molar-refractivity contribution in [3.8, 4) is 17.6 Å². The maximum atomic E-state index is 13.8. The molecule has 1 atom stereocenters. The van der Waals surface area contributed by atoms with Gasteiger partial charge in [0.05, 0.1) is 18.1 Å². The molecule has 0 spiro atoms. The molecular weight excluding hydrogens is 466 g/mol. The summed E-state index contributed by atoms with van der Waals surface area (Å²) in [5.74, 6) is 7.97. The van der Waals surface area contributed by atoms with Crippen molar-refractivity contribution in [3.05, 3.63) is 75.7 Å². The number of imidazole rings is 1. The van der Waals surface area contributed by atoms with E-state index >= 15 is 0 Å². The maximum Gasteiger partial charge on any atom is 0.293 e. The van der Waals surface area contributed by atoms with Crippen molar-refractivity contribution in [3.63, 3.8) is 0 Å². The number of benzene rings is 2. The average Bonchev–Trinajstić information content (AvgIpc) is 3.21. The van der Waals surface area contributed by atoms with E-state index in [1.165, 1.54) is 4.68 Å². The summed E-state index contributed by atoms with van der Waals surface area (Å²) in [6.07, 6.45) is 3.60. The highest BCUT2D eigenvalue weighted by Gasteiger charge is 2.24. The van der Waals surface area contributed by atoms with Crippen LogP contribution >= 0.6 is 0 Å². The van der Waals surface area contributed by atoms with Crippen molar-refractivity contribution in [2.75, 3.05) is 18.0 Å². The number of fused-ring (bicyclic) bond motifs is 3. The van der Waals surface area contributed by atoms with Gasteiger partial charge in [0.1, 0.15) is 29.0 Å². The Morgan fingerprint density at radius 2 is 2.00 bits per heavy atom. The van der Waals surface area contributed by atoms with Crippen molar-refractivity contribution < 1.29 is 4.74 Å². The van der Waals surface area contributed by atoms with Gasteiger partial charge in [-0.25, -0.2) is 14.7 Å². The van der Waals surface area contributed by atoms with Gasteiger partial charge < -0.3 is 15.4 Å². The number of piperidine rings is 1. The van der Waals surface area contributed by atoms with E-state index in [0.29, 0.717) is 41.6 Å². The number of hydrogen-bond donors (Lipinski definition) is 1. The normalized spacial score (nSPS) is 16.6. The van der Waals surface area contributed by atoms with Gasteiger partial charge in [-0.3, -0.25) is 9.36 Å². The van der Waals surface area contributed by atoms with E-state index in [2.05, 4.69) is 21.8 Å². The molecule has 2 N–H and O–H groups in total. The van der Waals surface area contributed by atoms with Crippen molar-refractivity contribution in [1.29, 1.82) is 0 Å². The Hall–Kier alpha value is -4.42. The van der Waals surface area contributed by atoms with Crippen LogP contribution in [-0.2, 0) is 13.1 Å². The summed E-state index contributed by atoms with van der Waals surface area (Å²) in [4.78, 5) is 25.6. The predicted octanol–water partition coefficient (Wildman–Crippen LogP) is 1.70. The first-order valence-electron chi connectivity index (χ1n) is 12.4. The molecule has 0 amide bonds. The fourth-order valence-corrected chi connectivity index (χ4v) is 4.94. The highest BCUT2D eigenvalue weighted by atomic mass is 16.5. The summed E-state index contributed by atoms with van der Waals surface area (Å²) in [5, 5.41) is 6.07. The van der Waals surface area contributed by atoms with Gasteiger partial charge in [-0.15, -0.1) is 5.92 Å². The Morgan fingerprint density at radius 3 is 2.86 bits per heavy atom. The van der Waals surface area contributed by atoms with Gasteiger partial charge in [0.2, 0.25) is 5.95 Å². The molecule has 37 heavy (non-hydrogen) atoms. The first kappa shape index (κ1) is 23.0. The zero-order valence-corrected chi connectivity index (χ0v) is 20.6. The van der Waals surface area contributed by atoms with Gasteiger partial charge in [0.15, 0.2) is 5.75 Å². The minimum atomic E-state index is -0.251. The van der Waals surface area contributed by atoms with Crippen LogP contribution in [-0.4, -0.2) is 38.5 Å². The summed E-state index contributed by atoms with van der Waals surface area (Å²) in [6, 6.07) is 15.4. The molecule has 0 radical (unpaired) electrons. The highest BCUT2D eigenvalue weighted by molar-refractivity contribution is 5.77. The second-order valence-corrected chi connectivity index (χ2v) is 9.24. The van der Waals surface area contributed by atoms with E-state index in [4.69, 9.17) is 20.4 Å². The van der Waals surface area contributed by atoms with Crippen molar-refractivity contribution in [2.45, 2.75) is 38.9 Å². The third-order valence-electron chi connectivity index (χ3n) is 6.72. The van der Waals surface area contributed by atoms with Crippen LogP contribution in [0, 0.1) is 11.8 Å². The summed E-state index contributed by atoms with van der Waals surface area (Å²) in [5.41, 5.74) is 7.74. The molecular formula is C28H27N7O2. The van der Waals surface area contributed by atoms with Crippen LogP contribution in [0.3, 0.4) is 0 Å². The molecule has 4 aromatic rings. The monoisotopic (exact) mass is 493 g/mol. The molecule has 1 saturated heterocycles. The molecule has 2 aliphatic rings. The van der Waals surface area contributed by atoms with Crippen LogP contribution in [0.2, 0.25) is 0 Å². The van der Waals surface area contributed by atoms with Crippen molar-refractivity contribution in [2.24, 2.45) is 10.7 Å². The molecule has 4 heterocycles. The Morgan fingerprint density at radius 1 is 1.16 bits per heavy atom. The molecule has 2 aromatic heterocycles. The number of rotatable bonds is 4. The number of nitrogens with zero attached hydrogens (tertiary/aromatic N) is 6. The summed E-state index contributed by atoms with van der Waals surface area (Å²) >= 11 is 0. The van der Waals surface area contributed by atoms with E-state index < -0.39 is 0 Å². The fourth-order valence-electron chi connectivity index (χ4n) is 4.94. The molecule has 2 aliphatic heterocycles. The first-order chi connectivity index (χ1) is 18.1. The molecule has 0 bridgehead atoms. The molecule has 1 unspecified atom stereocenters. The zero-order chi connectivity index (χ0) is 25.4. The van der Waals surface area contributed by atoms with E-state index in [0.717, 1.165) is 35.6 Å². The first-order valence-corrected chi connectivity index (χ1v) is 12.4. The standard InChI is InChI=1S/C28H27N7O2/c1-2-3-15-34-26-23(32-28(34)33-14-8-9-19(29)17-33)16-30-35(27(26)36)18-25-20-10-4-5-11-21(20)31-22-12-6-7-13-24(22)37-25/h4-7,10-13,16,19H,8-9,14-15,17-18,29H2,1H3. The lowest BCUT2D eigenvalue weighted by atomic mass is 10.1. The number of para-hydroxylation sites is 3. The van der Waals surface area contributed by atoms with Crippen molar-refractivity contribution >= 4 is 28.4 Å². The highest BCUT2D eigenvalue weighted by Crippen LogP contribution is 2.29. The Bertz CT molecular complexity index is 1740. The second kappa shape index (κ2) is 9.56. The van der Waals surface area contributed by atoms with Gasteiger partial charge in [-0.1, -0.05) is 30.2 Å². The second-order valence-electron chi connectivity index (χ2n) is 9.24. The van der Waals surface area contributed by atoms with Gasteiger partial charge in [0, 0.05) is 24.4 Å². The van der Waals surface area contributed by atoms with Gasteiger partial charge in [0.25, 0.3) is 5.56 Å². The van der Waals surface area contributed by atoms with Crippen LogP contribution in [0.1, 0.15) is 19.8 Å². The number of aromatic nitrogens is 4. The van der Waals surface area contributed by atoms with E-state index in [-0.39, 0.29) is 18.1 Å². The Labute approximate surface area is 213 Å². The molecule has 6 rings (SSSR count). The molecule has 9 heteroatoms. The summed E-state index contributed by atoms with van der Waals surface area (Å²) in [6.45, 7) is 3.81. The Kier molecular flexibility index (Phi) is 5.94. The molecule has 0 aliphatic carbocycles. The molecule has 1 fully saturated rings. The third kappa shape index (κ3) is 4.26. The zero-order valence-electron chi connectivity index (χ0n) is 20.6. The topological polar surface area (TPSA) is 104 Å². The molecule has 186 valence electrons. The minimum Gasteiger partial charge on any atom is -0.457 e.